The Kier molecular flexibility index (Phi) is 5.45. The van der Waals surface area contributed by atoms with E-state index in [9.17, 15) is 4.79 Å². The number of ether oxygens (including phenoxy) is 1. The van der Waals surface area contributed by atoms with Crippen LogP contribution in [0.4, 0.5) is 4.79 Å². The van der Waals surface area contributed by atoms with E-state index in [2.05, 4.69) is 19.2 Å². The van der Waals surface area contributed by atoms with Crippen LogP contribution in [0.15, 0.2) is 0 Å². The highest BCUT2D eigenvalue weighted by Gasteiger charge is 2.29. The Morgan fingerprint density at radius 3 is 2.67 bits per heavy atom. The van der Waals surface area contributed by atoms with Gasteiger partial charge in [0, 0.05) is 19.1 Å². The average Bonchev–Trinajstić information content (AvgIpc) is 2.63. The fraction of sp³-hybridized carbons (Fsp3) is 0.929. The Balaban J connectivity index is 2.26. The predicted octanol–water partition coefficient (Wildman–Crippen LogP) is 2.63. The van der Waals surface area contributed by atoms with Gasteiger partial charge < -0.3 is 15.0 Å². The molecule has 1 N–H and O–H groups in total. The third-order valence-corrected chi connectivity index (χ3v) is 3.04. The molecule has 106 valence electrons. The monoisotopic (exact) mass is 256 g/mol. The van der Waals surface area contributed by atoms with Gasteiger partial charge >= 0.3 is 6.09 Å². The molecule has 4 nitrogen and oxygen atoms in total. The summed E-state index contributed by atoms with van der Waals surface area (Å²) >= 11 is 0. The summed E-state index contributed by atoms with van der Waals surface area (Å²) in [5.74, 6) is 0.615. The summed E-state index contributed by atoms with van der Waals surface area (Å²) in [5, 5.41) is 3.42. The van der Waals surface area contributed by atoms with Crippen LogP contribution in [0.3, 0.4) is 0 Å². The summed E-state index contributed by atoms with van der Waals surface area (Å²) in [6, 6.07) is 0.536. The Morgan fingerprint density at radius 1 is 1.44 bits per heavy atom. The quantitative estimate of drug-likeness (QED) is 0.840. The number of hydrogen-bond acceptors (Lipinski definition) is 3. The summed E-state index contributed by atoms with van der Waals surface area (Å²) in [6.45, 7) is 12.7. The standard InChI is InChI=1S/C14H28N2O2/c1-11(2)15-8-6-12-7-9-16(10-12)13(17)18-14(3,4)5/h11-12,15H,6-10H2,1-5H3/t12-/m0/s1. The van der Waals surface area contributed by atoms with Crippen molar-refractivity contribution in [2.75, 3.05) is 19.6 Å². The zero-order chi connectivity index (χ0) is 13.8. The molecule has 1 fully saturated rings. The van der Waals surface area contributed by atoms with Crippen LogP contribution in [-0.4, -0.2) is 42.3 Å². The highest BCUT2D eigenvalue weighted by atomic mass is 16.6. The van der Waals surface area contributed by atoms with Crippen molar-refractivity contribution in [3.05, 3.63) is 0 Å². The maximum Gasteiger partial charge on any atom is 0.410 e. The van der Waals surface area contributed by atoms with Gasteiger partial charge in [0.2, 0.25) is 0 Å². The van der Waals surface area contributed by atoms with Crippen LogP contribution in [-0.2, 0) is 4.74 Å². The van der Waals surface area contributed by atoms with Crippen molar-refractivity contribution >= 4 is 6.09 Å². The first-order valence-electron chi connectivity index (χ1n) is 6.99. The maximum absolute atomic E-state index is 11.9. The van der Waals surface area contributed by atoms with Gasteiger partial charge in [-0.15, -0.1) is 0 Å². The molecule has 0 saturated carbocycles. The van der Waals surface area contributed by atoms with Crippen molar-refractivity contribution in [2.45, 2.75) is 59.1 Å². The molecule has 1 heterocycles. The molecular formula is C14H28N2O2. The zero-order valence-electron chi connectivity index (χ0n) is 12.5. The normalized spacial score (nSPS) is 20.6. The second-order valence-corrected chi connectivity index (χ2v) is 6.48. The lowest BCUT2D eigenvalue weighted by molar-refractivity contribution is 0.0287. The molecule has 1 aliphatic rings. The zero-order valence-corrected chi connectivity index (χ0v) is 12.5. The lowest BCUT2D eigenvalue weighted by Gasteiger charge is -2.24. The van der Waals surface area contributed by atoms with Crippen LogP contribution >= 0.6 is 0 Å². The Bertz CT molecular complexity index is 271. The summed E-state index contributed by atoms with van der Waals surface area (Å²) < 4.78 is 5.38. The summed E-state index contributed by atoms with van der Waals surface area (Å²) in [5.41, 5.74) is -0.394. The van der Waals surface area contributed by atoms with E-state index in [0.29, 0.717) is 12.0 Å². The molecular weight excluding hydrogens is 228 g/mol. The van der Waals surface area contributed by atoms with Crippen molar-refractivity contribution in [2.24, 2.45) is 5.92 Å². The van der Waals surface area contributed by atoms with Crippen molar-refractivity contribution in [3.8, 4) is 0 Å². The van der Waals surface area contributed by atoms with Gasteiger partial charge in [-0.2, -0.15) is 0 Å². The molecule has 1 saturated heterocycles. The molecule has 0 aromatic heterocycles. The Hall–Kier alpha value is -0.770. The van der Waals surface area contributed by atoms with Gasteiger partial charge in [0.05, 0.1) is 0 Å². The van der Waals surface area contributed by atoms with Crippen molar-refractivity contribution in [1.82, 2.24) is 10.2 Å². The molecule has 0 unspecified atom stereocenters. The molecule has 1 rings (SSSR count). The molecule has 1 atom stereocenters. The number of nitrogens with one attached hydrogen (secondary N) is 1. The molecule has 0 aromatic rings. The van der Waals surface area contributed by atoms with Crippen molar-refractivity contribution in [3.63, 3.8) is 0 Å². The molecule has 18 heavy (non-hydrogen) atoms. The minimum Gasteiger partial charge on any atom is -0.444 e. The Morgan fingerprint density at radius 2 is 2.11 bits per heavy atom. The highest BCUT2D eigenvalue weighted by molar-refractivity contribution is 5.68. The molecule has 0 bridgehead atoms. The van der Waals surface area contributed by atoms with Gasteiger partial charge in [-0.1, -0.05) is 13.8 Å². The molecule has 0 spiro atoms. The lowest BCUT2D eigenvalue weighted by Crippen LogP contribution is -2.35. The minimum absolute atomic E-state index is 0.165. The van der Waals surface area contributed by atoms with Crippen LogP contribution in [0.25, 0.3) is 0 Å². The molecule has 0 aliphatic carbocycles. The first-order valence-corrected chi connectivity index (χ1v) is 6.99. The van der Waals surface area contributed by atoms with Gasteiger partial charge in [0.1, 0.15) is 5.60 Å². The van der Waals surface area contributed by atoms with E-state index >= 15 is 0 Å². The first-order chi connectivity index (χ1) is 8.28. The smallest absolute Gasteiger partial charge is 0.410 e. The van der Waals surface area contributed by atoms with Crippen molar-refractivity contribution in [1.29, 1.82) is 0 Å². The van der Waals surface area contributed by atoms with Gasteiger partial charge in [-0.05, 0) is 46.1 Å². The maximum atomic E-state index is 11.9. The fourth-order valence-corrected chi connectivity index (χ4v) is 2.14. The topological polar surface area (TPSA) is 41.6 Å². The molecule has 0 radical (unpaired) electrons. The molecule has 1 aliphatic heterocycles. The lowest BCUT2D eigenvalue weighted by atomic mass is 10.1. The summed E-state index contributed by atoms with van der Waals surface area (Å²) in [7, 11) is 0. The van der Waals surface area contributed by atoms with Crippen LogP contribution in [0.2, 0.25) is 0 Å². The highest BCUT2D eigenvalue weighted by Crippen LogP contribution is 2.21. The van der Waals surface area contributed by atoms with E-state index < -0.39 is 5.60 Å². The van der Waals surface area contributed by atoms with Gasteiger partial charge in [0.15, 0.2) is 0 Å². The van der Waals surface area contributed by atoms with Gasteiger partial charge in [-0.25, -0.2) is 4.79 Å². The molecule has 0 aromatic carbocycles. The van der Waals surface area contributed by atoms with E-state index in [1.54, 1.807) is 0 Å². The Labute approximate surface area is 111 Å². The van der Waals surface area contributed by atoms with E-state index in [-0.39, 0.29) is 6.09 Å². The second kappa shape index (κ2) is 6.41. The minimum atomic E-state index is -0.394. The average molecular weight is 256 g/mol. The van der Waals surface area contributed by atoms with Crippen LogP contribution < -0.4 is 5.32 Å². The van der Waals surface area contributed by atoms with E-state index in [4.69, 9.17) is 4.74 Å². The van der Waals surface area contributed by atoms with Crippen LogP contribution in [0, 0.1) is 5.92 Å². The third kappa shape index (κ3) is 5.71. The van der Waals surface area contributed by atoms with Crippen LogP contribution in [0.5, 0.6) is 0 Å². The summed E-state index contributed by atoms with van der Waals surface area (Å²) in [6.07, 6.45) is 2.07. The predicted molar refractivity (Wildman–Crippen MR) is 73.7 cm³/mol. The molecule has 4 heteroatoms. The fourth-order valence-electron chi connectivity index (χ4n) is 2.14. The number of carbonyl (C=O) groups is 1. The van der Waals surface area contributed by atoms with E-state index in [0.717, 1.165) is 32.5 Å². The third-order valence-electron chi connectivity index (χ3n) is 3.04. The number of hydrogen-bond donors (Lipinski definition) is 1. The van der Waals surface area contributed by atoms with Crippen molar-refractivity contribution < 1.29 is 9.53 Å². The number of likely N-dealkylation sites (tertiary alicyclic amines) is 1. The largest absolute Gasteiger partial charge is 0.444 e. The first kappa shape index (κ1) is 15.3. The summed E-state index contributed by atoms with van der Waals surface area (Å²) in [4.78, 5) is 13.7. The SMILES string of the molecule is CC(C)NCC[C@H]1CCN(C(=O)OC(C)(C)C)C1. The van der Waals surface area contributed by atoms with Gasteiger partial charge in [-0.3, -0.25) is 0 Å². The van der Waals surface area contributed by atoms with E-state index in [1.807, 2.05) is 25.7 Å². The number of nitrogens with zero attached hydrogens (tertiary/aromatic N) is 1. The van der Waals surface area contributed by atoms with Crippen LogP contribution in [0.1, 0.15) is 47.5 Å². The number of amides is 1. The molecule has 1 amide bonds. The number of rotatable bonds is 4. The van der Waals surface area contributed by atoms with E-state index in [1.165, 1.54) is 0 Å². The number of carbonyl (C=O) groups excluding carboxylic acids is 1. The van der Waals surface area contributed by atoms with Gasteiger partial charge in [0.25, 0.3) is 0 Å². The second-order valence-electron chi connectivity index (χ2n) is 6.48.